The molecule has 0 bridgehead atoms. The lowest BCUT2D eigenvalue weighted by Gasteiger charge is -2.28. The van der Waals surface area contributed by atoms with Gasteiger partial charge in [0.25, 0.3) is 0 Å². The summed E-state index contributed by atoms with van der Waals surface area (Å²) in [4.78, 5) is 0.964. The highest BCUT2D eigenvalue weighted by molar-refractivity contribution is 7.15. The minimum absolute atomic E-state index is 0.0158. The Morgan fingerprint density at radius 1 is 1.05 bits per heavy atom. The number of halogens is 3. The van der Waals surface area contributed by atoms with Crippen molar-refractivity contribution < 1.29 is 17.9 Å². The van der Waals surface area contributed by atoms with Crippen LogP contribution in [0.1, 0.15) is 4.88 Å². The molecule has 0 fully saturated rings. The molecular formula is C15H11F3OS. The number of rotatable bonds is 2. The summed E-state index contributed by atoms with van der Waals surface area (Å²) in [5.74, 6) is 0. The van der Waals surface area contributed by atoms with Gasteiger partial charge >= 0.3 is 6.18 Å². The summed E-state index contributed by atoms with van der Waals surface area (Å²) in [7, 11) is 0. The van der Waals surface area contributed by atoms with Crippen molar-refractivity contribution in [3.8, 4) is 10.4 Å². The second-order valence-electron chi connectivity index (χ2n) is 4.48. The third-order valence-corrected chi connectivity index (χ3v) is 4.46. The molecule has 0 saturated heterocycles. The summed E-state index contributed by atoms with van der Waals surface area (Å²) in [6.45, 7) is -0.0158. The van der Waals surface area contributed by atoms with E-state index in [-0.39, 0.29) is 11.5 Å². The van der Waals surface area contributed by atoms with E-state index in [2.05, 4.69) is 0 Å². The molecule has 3 rings (SSSR count). The Labute approximate surface area is 118 Å². The van der Waals surface area contributed by atoms with E-state index in [0.29, 0.717) is 0 Å². The third-order valence-electron chi connectivity index (χ3n) is 3.21. The van der Waals surface area contributed by atoms with Gasteiger partial charge < -0.3 is 4.74 Å². The zero-order chi connectivity index (χ0) is 14.2. The molecule has 2 aromatic rings. The van der Waals surface area contributed by atoms with Crippen LogP contribution >= 0.6 is 11.3 Å². The first-order chi connectivity index (χ1) is 9.53. The van der Waals surface area contributed by atoms with Gasteiger partial charge in [-0.15, -0.1) is 11.3 Å². The second-order valence-corrected chi connectivity index (χ2v) is 5.56. The van der Waals surface area contributed by atoms with E-state index < -0.39 is 11.8 Å². The zero-order valence-corrected chi connectivity index (χ0v) is 11.2. The van der Waals surface area contributed by atoms with E-state index in [4.69, 9.17) is 4.74 Å². The van der Waals surface area contributed by atoms with Gasteiger partial charge in [0.1, 0.15) is 0 Å². The Morgan fingerprint density at radius 2 is 1.80 bits per heavy atom. The molecule has 5 heteroatoms. The van der Waals surface area contributed by atoms with Crippen LogP contribution in [0.25, 0.3) is 10.4 Å². The predicted octanol–water partition coefficient (Wildman–Crippen LogP) is 4.76. The Hall–Kier alpha value is -1.59. The van der Waals surface area contributed by atoms with Gasteiger partial charge in [-0.05, 0) is 23.8 Å². The fourth-order valence-corrected chi connectivity index (χ4v) is 3.36. The first kappa shape index (κ1) is 13.4. The molecule has 2 heterocycles. The summed E-state index contributed by atoms with van der Waals surface area (Å²) < 4.78 is 45.0. The van der Waals surface area contributed by atoms with Crippen LogP contribution in [-0.2, 0) is 10.3 Å². The lowest BCUT2D eigenvalue weighted by molar-refractivity contribution is -0.253. The number of benzene rings is 1. The van der Waals surface area contributed by atoms with E-state index in [1.54, 1.807) is 6.07 Å². The monoisotopic (exact) mass is 296 g/mol. The molecule has 1 aromatic carbocycles. The first-order valence-electron chi connectivity index (χ1n) is 6.07. The van der Waals surface area contributed by atoms with E-state index in [0.717, 1.165) is 27.9 Å². The van der Waals surface area contributed by atoms with Crippen LogP contribution in [0.4, 0.5) is 13.2 Å². The maximum absolute atomic E-state index is 13.3. The number of alkyl halides is 3. The SMILES string of the molecule is FC(F)(F)C1(c2ccc(-c3ccccc3)s2)C=CCO1. The van der Waals surface area contributed by atoms with Crippen LogP contribution in [0.5, 0.6) is 0 Å². The highest BCUT2D eigenvalue weighted by atomic mass is 32.1. The first-order valence-corrected chi connectivity index (χ1v) is 6.89. The second kappa shape index (κ2) is 4.75. The largest absolute Gasteiger partial charge is 0.426 e. The van der Waals surface area contributed by atoms with Gasteiger partial charge in [0.05, 0.1) is 11.5 Å². The van der Waals surface area contributed by atoms with Crippen molar-refractivity contribution in [3.63, 3.8) is 0 Å². The van der Waals surface area contributed by atoms with Crippen LogP contribution in [-0.4, -0.2) is 12.8 Å². The normalized spacial score (nSPS) is 22.4. The van der Waals surface area contributed by atoms with Crippen LogP contribution in [0, 0.1) is 0 Å². The fraction of sp³-hybridized carbons (Fsp3) is 0.200. The molecule has 1 aliphatic heterocycles. The Morgan fingerprint density at radius 3 is 2.40 bits per heavy atom. The van der Waals surface area contributed by atoms with Crippen LogP contribution < -0.4 is 0 Å². The Balaban J connectivity index is 2.03. The van der Waals surface area contributed by atoms with E-state index in [1.165, 1.54) is 12.1 Å². The van der Waals surface area contributed by atoms with Gasteiger partial charge in [-0.1, -0.05) is 36.4 Å². The predicted molar refractivity (Wildman–Crippen MR) is 72.6 cm³/mol. The van der Waals surface area contributed by atoms with Crippen molar-refractivity contribution in [2.24, 2.45) is 0 Å². The highest BCUT2D eigenvalue weighted by Gasteiger charge is 2.57. The van der Waals surface area contributed by atoms with Crippen molar-refractivity contribution in [2.75, 3.05) is 6.61 Å². The molecule has 1 aromatic heterocycles. The molecule has 1 atom stereocenters. The van der Waals surface area contributed by atoms with E-state index in [1.807, 2.05) is 30.3 Å². The maximum Gasteiger partial charge on any atom is 0.426 e. The van der Waals surface area contributed by atoms with Gasteiger partial charge in [-0.25, -0.2) is 0 Å². The maximum atomic E-state index is 13.3. The smallest absolute Gasteiger partial charge is 0.352 e. The lowest BCUT2D eigenvalue weighted by atomic mass is 10.0. The number of hydrogen-bond acceptors (Lipinski definition) is 2. The van der Waals surface area contributed by atoms with Crippen molar-refractivity contribution in [1.82, 2.24) is 0 Å². The summed E-state index contributed by atoms with van der Waals surface area (Å²) >= 11 is 1.11. The average molecular weight is 296 g/mol. The number of ether oxygens (including phenoxy) is 1. The zero-order valence-electron chi connectivity index (χ0n) is 10.4. The fourth-order valence-electron chi connectivity index (χ4n) is 2.21. The number of thiophene rings is 1. The molecule has 0 radical (unpaired) electrons. The Bertz CT molecular complexity index is 630. The molecule has 0 spiro atoms. The molecule has 0 saturated carbocycles. The molecule has 104 valence electrons. The Kier molecular flexibility index (Phi) is 3.18. The summed E-state index contributed by atoms with van der Waals surface area (Å²) in [6, 6.07) is 12.6. The van der Waals surface area contributed by atoms with Gasteiger partial charge in [0, 0.05) is 4.88 Å². The van der Waals surface area contributed by atoms with E-state index >= 15 is 0 Å². The van der Waals surface area contributed by atoms with Crippen molar-refractivity contribution in [3.05, 3.63) is 59.5 Å². The van der Waals surface area contributed by atoms with Crippen molar-refractivity contribution in [2.45, 2.75) is 11.8 Å². The molecule has 0 aliphatic carbocycles. The molecule has 0 amide bonds. The van der Waals surface area contributed by atoms with Crippen molar-refractivity contribution in [1.29, 1.82) is 0 Å². The number of hydrogen-bond donors (Lipinski definition) is 0. The molecule has 20 heavy (non-hydrogen) atoms. The van der Waals surface area contributed by atoms with Crippen LogP contribution in [0.3, 0.4) is 0 Å². The molecule has 0 N–H and O–H groups in total. The van der Waals surface area contributed by atoms with Gasteiger partial charge in [0.15, 0.2) is 0 Å². The highest BCUT2D eigenvalue weighted by Crippen LogP contribution is 2.48. The quantitative estimate of drug-likeness (QED) is 0.726. The summed E-state index contributed by atoms with van der Waals surface area (Å²) in [5, 5.41) is 0. The standard InChI is InChI=1S/C15H11F3OS/c16-15(17,18)14(9-4-10-19-14)13-8-7-12(20-13)11-5-2-1-3-6-11/h1-9H,10H2. The van der Waals surface area contributed by atoms with Gasteiger partial charge in [-0.3, -0.25) is 0 Å². The third kappa shape index (κ3) is 2.07. The van der Waals surface area contributed by atoms with Crippen molar-refractivity contribution >= 4 is 11.3 Å². The van der Waals surface area contributed by atoms with Gasteiger partial charge in [0.2, 0.25) is 5.60 Å². The molecule has 1 nitrogen and oxygen atoms in total. The average Bonchev–Trinajstić information content (AvgIpc) is 3.09. The van der Waals surface area contributed by atoms with Crippen LogP contribution in [0.15, 0.2) is 54.6 Å². The lowest BCUT2D eigenvalue weighted by Crippen LogP contribution is -2.40. The minimum atomic E-state index is -4.46. The summed E-state index contributed by atoms with van der Waals surface area (Å²) in [5.41, 5.74) is -1.38. The topological polar surface area (TPSA) is 9.23 Å². The van der Waals surface area contributed by atoms with Gasteiger partial charge in [-0.2, -0.15) is 13.2 Å². The minimum Gasteiger partial charge on any atom is -0.352 e. The molecule has 1 aliphatic rings. The van der Waals surface area contributed by atoms with Crippen LogP contribution in [0.2, 0.25) is 0 Å². The van der Waals surface area contributed by atoms with E-state index in [9.17, 15) is 13.2 Å². The molecular weight excluding hydrogens is 285 g/mol. The summed E-state index contributed by atoms with van der Waals surface area (Å²) in [6.07, 6.45) is -1.94. The molecule has 1 unspecified atom stereocenters.